The molecule has 0 atom stereocenters. The van der Waals surface area contributed by atoms with Gasteiger partial charge >= 0.3 is 5.97 Å². The number of benzene rings is 1. The van der Waals surface area contributed by atoms with Crippen LogP contribution in [0.15, 0.2) is 18.2 Å². The zero-order valence-corrected chi connectivity index (χ0v) is 10.0. The topological polar surface area (TPSA) is 26.3 Å². The number of esters is 1. The maximum absolute atomic E-state index is 11.6. The van der Waals surface area contributed by atoms with Gasteiger partial charge in [-0.25, -0.2) is 0 Å². The van der Waals surface area contributed by atoms with Crippen molar-refractivity contribution in [1.82, 2.24) is 0 Å². The zero-order chi connectivity index (χ0) is 11.6. The van der Waals surface area contributed by atoms with Crippen molar-refractivity contribution < 1.29 is 9.53 Å². The minimum atomic E-state index is -0.461. The lowest BCUT2D eigenvalue weighted by molar-refractivity contribution is -0.143. The fourth-order valence-electron chi connectivity index (χ4n) is 1.17. The van der Waals surface area contributed by atoms with Gasteiger partial charge in [-0.15, -0.1) is 0 Å². The Labute approximate surface area is 91.3 Å². The number of carbonyl (C=O) groups excluding carboxylic acids is 1. The third-order valence-corrected chi connectivity index (χ3v) is 2.15. The second-order valence-electron chi connectivity index (χ2n) is 4.91. The highest BCUT2D eigenvalue weighted by atomic mass is 16.5. The standard InChI is InChI=1S/C13H18O2/c1-9-6-7-11(10(2)8-9)15-12(14)13(3,4)5/h6-8H,1-5H3. The maximum Gasteiger partial charge on any atom is 0.316 e. The zero-order valence-electron chi connectivity index (χ0n) is 10.0. The van der Waals surface area contributed by atoms with Gasteiger partial charge in [-0.05, 0) is 46.2 Å². The van der Waals surface area contributed by atoms with Gasteiger partial charge in [0.05, 0.1) is 5.41 Å². The Morgan fingerprint density at radius 2 is 1.80 bits per heavy atom. The third kappa shape index (κ3) is 3.08. The molecule has 0 heterocycles. The second kappa shape index (κ2) is 4.05. The van der Waals surface area contributed by atoms with Gasteiger partial charge in [0.25, 0.3) is 0 Å². The summed E-state index contributed by atoms with van der Waals surface area (Å²) in [6.45, 7) is 9.50. The first-order valence-corrected chi connectivity index (χ1v) is 5.10. The van der Waals surface area contributed by atoms with Crippen molar-refractivity contribution in [2.75, 3.05) is 0 Å². The van der Waals surface area contributed by atoms with E-state index in [2.05, 4.69) is 0 Å². The molecule has 1 aromatic rings. The summed E-state index contributed by atoms with van der Waals surface area (Å²) in [7, 11) is 0. The van der Waals surface area contributed by atoms with Gasteiger partial charge in [0.2, 0.25) is 0 Å². The minimum Gasteiger partial charge on any atom is -0.426 e. The van der Waals surface area contributed by atoms with E-state index < -0.39 is 5.41 Å². The molecule has 0 saturated carbocycles. The monoisotopic (exact) mass is 206 g/mol. The van der Waals surface area contributed by atoms with Crippen molar-refractivity contribution in [3.8, 4) is 5.75 Å². The van der Waals surface area contributed by atoms with Crippen LogP contribution in [0.3, 0.4) is 0 Å². The average molecular weight is 206 g/mol. The first kappa shape index (κ1) is 11.8. The quantitative estimate of drug-likeness (QED) is 0.520. The van der Waals surface area contributed by atoms with E-state index in [-0.39, 0.29) is 5.97 Å². The van der Waals surface area contributed by atoms with Gasteiger partial charge in [0.15, 0.2) is 0 Å². The summed E-state index contributed by atoms with van der Waals surface area (Å²) < 4.78 is 5.33. The first-order valence-electron chi connectivity index (χ1n) is 5.10. The molecule has 2 nitrogen and oxygen atoms in total. The Bertz CT molecular complexity index is 373. The molecule has 0 fully saturated rings. The van der Waals surface area contributed by atoms with Crippen LogP contribution in [-0.2, 0) is 4.79 Å². The third-order valence-electron chi connectivity index (χ3n) is 2.15. The number of ether oxygens (including phenoxy) is 1. The number of hydrogen-bond acceptors (Lipinski definition) is 2. The van der Waals surface area contributed by atoms with Crippen molar-refractivity contribution in [3.05, 3.63) is 29.3 Å². The SMILES string of the molecule is Cc1ccc(OC(=O)C(C)(C)C)c(C)c1. The summed E-state index contributed by atoms with van der Waals surface area (Å²) in [6, 6.07) is 5.79. The van der Waals surface area contributed by atoms with Crippen molar-refractivity contribution in [2.24, 2.45) is 5.41 Å². The molecule has 0 bridgehead atoms. The van der Waals surface area contributed by atoms with Crippen LogP contribution in [-0.4, -0.2) is 5.97 Å². The summed E-state index contributed by atoms with van der Waals surface area (Å²) in [5, 5.41) is 0. The molecule has 0 aromatic heterocycles. The molecule has 0 saturated heterocycles. The number of aryl methyl sites for hydroxylation is 2. The number of carbonyl (C=O) groups is 1. The smallest absolute Gasteiger partial charge is 0.316 e. The summed E-state index contributed by atoms with van der Waals surface area (Å²) in [4.78, 5) is 11.6. The van der Waals surface area contributed by atoms with Gasteiger partial charge in [-0.3, -0.25) is 4.79 Å². The van der Waals surface area contributed by atoms with E-state index >= 15 is 0 Å². The highest BCUT2D eigenvalue weighted by Gasteiger charge is 2.24. The predicted molar refractivity (Wildman–Crippen MR) is 61.0 cm³/mol. The van der Waals surface area contributed by atoms with Crippen molar-refractivity contribution in [3.63, 3.8) is 0 Å². The van der Waals surface area contributed by atoms with Crippen LogP contribution in [0.4, 0.5) is 0 Å². The van der Waals surface area contributed by atoms with Crippen LogP contribution in [0.25, 0.3) is 0 Å². The number of hydrogen-bond donors (Lipinski definition) is 0. The maximum atomic E-state index is 11.6. The van der Waals surface area contributed by atoms with Crippen LogP contribution >= 0.6 is 0 Å². The Morgan fingerprint density at radius 3 is 2.27 bits per heavy atom. The molecular weight excluding hydrogens is 188 g/mol. The Morgan fingerprint density at radius 1 is 1.20 bits per heavy atom. The van der Waals surface area contributed by atoms with Crippen molar-refractivity contribution >= 4 is 5.97 Å². The molecule has 1 aromatic carbocycles. The molecule has 0 unspecified atom stereocenters. The average Bonchev–Trinajstić information content (AvgIpc) is 2.08. The minimum absolute atomic E-state index is 0.200. The van der Waals surface area contributed by atoms with Crippen LogP contribution in [0, 0.1) is 19.3 Å². The highest BCUT2D eigenvalue weighted by Crippen LogP contribution is 2.23. The van der Waals surface area contributed by atoms with Gasteiger partial charge < -0.3 is 4.74 Å². The van der Waals surface area contributed by atoms with E-state index in [4.69, 9.17) is 4.74 Å². The van der Waals surface area contributed by atoms with E-state index in [1.807, 2.05) is 52.8 Å². The first-order chi connectivity index (χ1) is 6.80. The van der Waals surface area contributed by atoms with Crippen LogP contribution < -0.4 is 4.74 Å². The lowest BCUT2D eigenvalue weighted by atomic mass is 9.97. The molecule has 82 valence electrons. The van der Waals surface area contributed by atoms with Crippen molar-refractivity contribution in [2.45, 2.75) is 34.6 Å². The number of rotatable bonds is 1. The van der Waals surface area contributed by atoms with Crippen LogP contribution in [0.5, 0.6) is 5.75 Å². The van der Waals surface area contributed by atoms with Crippen molar-refractivity contribution in [1.29, 1.82) is 0 Å². The lowest BCUT2D eigenvalue weighted by Crippen LogP contribution is -2.25. The van der Waals surface area contributed by atoms with Gasteiger partial charge in [0, 0.05) is 0 Å². The van der Waals surface area contributed by atoms with E-state index in [0.29, 0.717) is 5.75 Å². The lowest BCUT2D eigenvalue weighted by Gasteiger charge is -2.17. The fourth-order valence-corrected chi connectivity index (χ4v) is 1.17. The Hall–Kier alpha value is -1.31. The molecule has 1 rings (SSSR count). The Balaban J connectivity index is 2.87. The van der Waals surface area contributed by atoms with Gasteiger partial charge in [0.1, 0.15) is 5.75 Å². The summed E-state index contributed by atoms with van der Waals surface area (Å²) in [5.74, 6) is 0.454. The van der Waals surface area contributed by atoms with E-state index in [1.165, 1.54) is 5.56 Å². The Kier molecular flexibility index (Phi) is 3.18. The fraction of sp³-hybridized carbons (Fsp3) is 0.462. The molecule has 0 N–H and O–H groups in total. The van der Waals surface area contributed by atoms with Crippen LogP contribution in [0.2, 0.25) is 0 Å². The molecule has 0 amide bonds. The molecule has 0 radical (unpaired) electrons. The normalized spacial score (nSPS) is 11.3. The molecular formula is C13H18O2. The van der Waals surface area contributed by atoms with E-state index in [1.54, 1.807) is 0 Å². The summed E-state index contributed by atoms with van der Waals surface area (Å²) in [6.07, 6.45) is 0. The molecule has 0 aliphatic carbocycles. The summed E-state index contributed by atoms with van der Waals surface area (Å²) in [5.41, 5.74) is 1.70. The van der Waals surface area contributed by atoms with E-state index in [9.17, 15) is 4.79 Å². The van der Waals surface area contributed by atoms with Crippen LogP contribution in [0.1, 0.15) is 31.9 Å². The molecule has 0 aliphatic heterocycles. The summed E-state index contributed by atoms with van der Waals surface area (Å²) >= 11 is 0. The largest absolute Gasteiger partial charge is 0.426 e. The molecule has 0 spiro atoms. The molecule has 0 aliphatic rings. The highest BCUT2D eigenvalue weighted by molar-refractivity contribution is 5.78. The predicted octanol–water partition coefficient (Wildman–Crippen LogP) is 3.25. The van der Waals surface area contributed by atoms with Gasteiger partial charge in [-0.1, -0.05) is 17.7 Å². The van der Waals surface area contributed by atoms with Gasteiger partial charge in [-0.2, -0.15) is 0 Å². The molecule has 15 heavy (non-hydrogen) atoms. The van der Waals surface area contributed by atoms with E-state index in [0.717, 1.165) is 5.56 Å². The second-order valence-corrected chi connectivity index (χ2v) is 4.91. The molecule has 2 heteroatoms.